The Bertz CT molecular complexity index is 154. The van der Waals surface area contributed by atoms with Crippen molar-refractivity contribution < 1.29 is 0 Å². The van der Waals surface area contributed by atoms with Gasteiger partial charge in [0, 0.05) is 6.42 Å². The van der Waals surface area contributed by atoms with Gasteiger partial charge in [0.1, 0.15) is 0 Å². The van der Waals surface area contributed by atoms with Crippen LogP contribution in [0.3, 0.4) is 0 Å². The van der Waals surface area contributed by atoms with E-state index in [0.717, 1.165) is 12.8 Å². The van der Waals surface area contributed by atoms with Crippen LogP contribution in [0.15, 0.2) is 30.3 Å². The Morgan fingerprint density at radius 1 is 1.27 bits per heavy atom. The number of terminal acetylenes is 1. The normalized spacial score (nSPS) is 7.27. The number of rotatable bonds is 1. The second-order valence-corrected chi connectivity index (χ2v) is 1.89. The first-order chi connectivity index (χ1) is 5.41. The summed E-state index contributed by atoms with van der Waals surface area (Å²) in [4.78, 5) is 0. The summed E-state index contributed by atoms with van der Waals surface area (Å²) >= 11 is 0. The fourth-order valence-corrected chi connectivity index (χ4v) is 0.444. The van der Waals surface area contributed by atoms with Crippen molar-refractivity contribution in [3.63, 3.8) is 0 Å². The van der Waals surface area contributed by atoms with Gasteiger partial charge in [-0.05, 0) is 12.5 Å². The molecule has 0 saturated carbocycles. The smallest absolute Gasteiger partial charge is 0.00860 e. The SMILES string of the molecule is C#CCC[CH2].[c]1ccccc1. The maximum absolute atomic E-state index is 4.85. The van der Waals surface area contributed by atoms with Gasteiger partial charge in [-0.25, -0.2) is 0 Å². The van der Waals surface area contributed by atoms with Gasteiger partial charge in [0.2, 0.25) is 0 Å². The van der Waals surface area contributed by atoms with Crippen molar-refractivity contribution in [1.82, 2.24) is 0 Å². The average molecular weight is 144 g/mol. The lowest BCUT2D eigenvalue weighted by Gasteiger charge is -1.69. The molecular formula is C11H12. The van der Waals surface area contributed by atoms with E-state index in [1.165, 1.54) is 0 Å². The third-order valence-electron chi connectivity index (χ3n) is 0.928. The molecule has 1 rings (SSSR count). The molecule has 2 radical (unpaired) electrons. The Balaban J connectivity index is 0.000000187. The first-order valence-corrected chi connectivity index (χ1v) is 3.55. The molecule has 0 amide bonds. The molecule has 0 nitrogen and oxygen atoms in total. The number of unbranched alkanes of at least 4 members (excludes halogenated alkanes) is 1. The highest BCUT2D eigenvalue weighted by Gasteiger charge is 1.61. The predicted molar refractivity (Wildman–Crippen MR) is 48.7 cm³/mol. The second kappa shape index (κ2) is 8.78. The highest BCUT2D eigenvalue weighted by Crippen LogP contribution is 1.78. The minimum absolute atomic E-state index is 0.806. The monoisotopic (exact) mass is 144 g/mol. The molecule has 0 aliphatic carbocycles. The minimum Gasteiger partial charge on any atom is -0.120 e. The van der Waals surface area contributed by atoms with E-state index in [-0.39, 0.29) is 0 Å². The van der Waals surface area contributed by atoms with Crippen LogP contribution in [0.4, 0.5) is 0 Å². The molecule has 0 heterocycles. The van der Waals surface area contributed by atoms with Gasteiger partial charge in [0.25, 0.3) is 0 Å². The summed E-state index contributed by atoms with van der Waals surface area (Å²) in [7, 11) is 0. The van der Waals surface area contributed by atoms with Crippen LogP contribution in [-0.4, -0.2) is 0 Å². The third kappa shape index (κ3) is 8.78. The molecule has 0 aliphatic rings. The Kier molecular flexibility index (Phi) is 7.81. The van der Waals surface area contributed by atoms with Crippen LogP contribution < -0.4 is 0 Å². The first-order valence-electron chi connectivity index (χ1n) is 3.55. The standard InChI is InChI=1S/C6H5.C5H7/c1-2-4-6-5-3-1;1-3-5-4-2/h1-5H;1H,2,4-5H2. The Labute approximate surface area is 69.3 Å². The molecule has 1 aromatic carbocycles. The molecule has 1 aromatic rings. The van der Waals surface area contributed by atoms with Gasteiger partial charge >= 0.3 is 0 Å². The molecule has 0 saturated heterocycles. The van der Waals surface area contributed by atoms with E-state index in [9.17, 15) is 0 Å². The summed E-state index contributed by atoms with van der Waals surface area (Å²) in [6.45, 7) is 3.53. The maximum Gasteiger partial charge on any atom is 0.00860 e. The van der Waals surface area contributed by atoms with Crippen molar-refractivity contribution >= 4 is 0 Å². The summed E-state index contributed by atoms with van der Waals surface area (Å²) in [5, 5.41) is 0. The van der Waals surface area contributed by atoms with E-state index in [2.05, 4.69) is 18.9 Å². The topological polar surface area (TPSA) is 0 Å². The Morgan fingerprint density at radius 2 is 1.91 bits per heavy atom. The summed E-state index contributed by atoms with van der Waals surface area (Å²) in [5.41, 5.74) is 0. The minimum atomic E-state index is 0.806. The van der Waals surface area contributed by atoms with Crippen molar-refractivity contribution in [3.05, 3.63) is 43.3 Å². The van der Waals surface area contributed by atoms with Gasteiger partial charge in [-0.3, -0.25) is 0 Å². The van der Waals surface area contributed by atoms with Crippen LogP contribution in [0.25, 0.3) is 0 Å². The second-order valence-electron chi connectivity index (χ2n) is 1.89. The van der Waals surface area contributed by atoms with E-state index >= 15 is 0 Å². The Morgan fingerprint density at radius 3 is 2.00 bits per heavy atom. The molecule has 0 spiro atoms. The highest BCUT2D eigenvalue weighted by atomic mass is 13.7. The van der Waals surface area contributed by atoms with Crippen molar-refractivity contribution in [3.8, 4) is 12.3 Å². The number of benzene rings is 1. The number of hydrogen-bond acceptors (Lipinski definition) is 0. The van der Waals surface area contributed by atoms with Crippen molar-refractivity contribution in [1.29, 1.82) is 0 Å². The molecule has 0 fully saturated rings. The van der Waals surface area contributed by atoms with Crippen LogP contribution in [0.5, 0.6) is 0 Å². The van der Waals surface area contributed by atoms with Crippen LogP contribution in [0.2, 0.25) is 0 Å². The largest absolute Gasteiger partial charge is 0.120 e. The molecule has 0 bridgehead atoms. The zero-order chi connectivity index (χ0) is 8.36. The summed E-state index contributed by atoms with van der Waals surface area (Å²) in [6, 6.07) is 12.5. The zero-order valence-corrected chi connectivity index (χ0v) is 6.59. The molecule has 0 aliphatic heterocycles. The third-order valence-corrected chi connectivity index (χ3v) is 0.928. The lowest BCUT2D eigenvalue weighted by atomic mass is 10.4. The average Bonchev–Trinajstić information content (AvgIpc) is 2.10. The van der Waals surface area contributed by atoms with E-state index in [0.29, 0.717) is 0 Å². The van der Waals surface area contributed by atoms with E-state index < -0.39 is 0 Å². The summed E-state index contributed by atoms with van der Waals surface area (Å²) in [6.07, 6.45) is 6.51. The molecule has 56 valence electrons. The summed E-state index contributed by atoms with van der Waals surface area (Å²) < 4.78 is 0. The van der Waals surface area contributed by atoms with Crippen LogP contribution in [-0.2, 0) is 0 Å². The fraction of sp³-hybridized carbons (Fsp3) is 0.182. The first kappa shape index (κ1) is 9.78. The lowest BCUT2D eigenvalue weighted by molar-refractivity contribution is 1.08. The van der Waals surface area contributed by atoms with E-state index in [1.807, 2.05) is 30.3 Å². The van der Waals surface area contributed by atoms with Crippen LogP contribution >= 0.6 is 0 Å². The summed E-state index contributed by atoms with van der Waals surface area (Å²) in [5.74, 6) is 2.45. The fourth-order valence-electron chi connectivity index (χ4n) is 0.444. The van der Waals surface area contributed by atoms with Gasteiger partial charge in [-0.15, -0.1) is 12.3 Å². The van der Waals surface area contributed by atoms with Gasteiger partial charge in [-0.2, -0.15) is 0 Å². The number of hydrogen-bond donors (Lipinski definition) is 0. The molecule has 0 unspecified atom stereocenters. The molecule has 0 aromatic heterocycles. The molecule has 11 heavy (non-hydrogen) atoms. The zero-order valence-electron chi connectivity index (χ0n) is 6.59. The predicted octanol–water partition coefficient (Wildman–Crippen LogP) is 2.72. The van der Waals surface area contributed by atoms with Crippen LogP contribution in [0, 0.1) is 25.3 Å². The van der Waals surface area contributed by atoms with Gasteiger partial charge in [0.15, 0.2) is 0 Å². The highest BCUT2D eigenvalue weighted by molar-refractivity contribution is 4.97. The van der Waals surface area contributed by atoms with E-state index in [4.69, 9.17) is 6.42 Å². The molecule has 0 atom stereocenters. The molecular weight excluding hydrogens is 132 g/mol. The van der Waals surface area contributed by atoms with Crippen molar-refractivity contribution in [2.45, 2.75) is 12.8 Å². The van der Waals surface area contributed by atoms with Crippen molar-refractivity contribution in [2.75, 3.05) is 0 Å². The van der Waals surface area contributed by atoms with Gasteiger partial charge < -0.3 is 0 Å². The quantitative estimate of drug-likeness (QED) is 0.532. The molecule has 0 N–H and O–H groups in total. The molecule has 0 heteroatoms. The van der Waals surface area contributed by atoms with E-state index in [1.54, 1.807) is 0 Å². The van der Waals surface area contributed by atoms with Crippen LogP contribution in [0.1, 0.15) is 12.8 Å². The lowest BCUT2D eigenvalue weighted by Crippen LogP contribution is -1.54. The maximum atomic E-state index is 4.85. The van der Waals surface area contributed by atoms with Crippen molar-refractivity contribution in [2.24, 2.45) is 0 Å². The van der Waals surface area contributed by atoms with Gasteiger partial charge in [0.05, 0.1) is 0 Å². The van der Waals surface area contributed by atoms with Gasteiger partial charge in [-0.1, -0.05) is 37.3 Å². The Hall–Kier alpha value is -1.22.